The molecule has 1 aliphatic heterocycles. The van der Waals surface area contributed by atoms with Crippen LogP contribution in [-0.2, 0) is 22.5 Å². The van der Waals surface area contributed by atoms with E-state index >= 15 is 0 Å². The lowest BCUT2D eigenvalue weighted by atomic mass is 10.2. The van der Waals surface area contributed by atoms with E-state index in [2.05, 4.69) is 10.3 Å². The summed E-state index contributed by atoms with van der Waals surface area (Å²) in [4.78, 5) is 43.4. The molecule has 3 heterocycles. The van der Waals surface area contributed by atoms with Crippen LogP contribution in [-0.4, -0.2) is 27.5 Å². The van der Waals surface area contributed by atoms with Crippen LogP contribution in [0.3, 0.4) is 0 Å². The van der Waals surface area contributed by atoms with Crippen molar-refractivity contribution < 1.29 is 14.3 Å². The number of hydrogen-bond donors (Lipinski definition) is 1. The number of carbonyl (C=O) groups is 2. The second-order valence-electron chi connectivity index (χ2n) is 7.32. The molecule has 0 fully saturated rings. The number of hydrogen-bond acceptors (Lipinski definition) is 6. The van der Waals surface area contributed by atoms with Gasteiger partial charge in [-0.15, -0.1) is 11.3 Å². The molecule has 1 N–H and O–H groups in total. The highest BCUT2D eigenvalue weighted by atomic mass is 35.5. The molecule has 0 saturated carbocycles. The number of ether oxygens (including phenoxy) is 1. The Balaban J connectivity index is 1.55. The first-order chi connectivity index (χ1) is 14.3. The number of thiophene rings is 1. The number of rotatable bonds is 4. The van der Waals surface area contributed by atoms with E-state index in [1.54, 1.807) is 29.7 Å². The van der Waals surface area contributed by atoms with Crippen molar-refractivity contribution in [1.29, 1.82) is 0 Å². The molecule has 2 aromatic heterocycles. The van der Waals surface area contributed by atoms with Gasteiger partial charge < -0.3 is 10.1 Å². The first-order valence-electron chi connectivity index (χ1n) is 9.57. The molecule has 30 heavy (non-hydrogen) atoms. The minimum absolute atomic E-state index is 0.123. The topological polar surface area (TPSA) is 90.3 Å². The fourth-order valence-corrected chi connectivity index (χ4v) is 4.75. The Labute approximate surface area is 181 Å². The minimum Gasteiger partial charge on any atom is -0.448 e. The Hall–Kier alpha value is -2.71. The Kier molecular flexibility index (Phi) is 5.38. The second-order valence-corrected chi connectivity index (χ2v) is 8.76. The SMILES string of the molecule is Cc1ccc(Cl)cc1NC(=O)C(C)OC(=O)c1sc2nc3n(c(=O)c2c1C)CCC3. The van der Waals surface area contributed by atoms with Gasteiger partial charge in [-0.05, 0) is 50.5 Å². The van der Waals surface area contributed by atoms with Crippen molar-refractivity contribution in [3.63, 3.8) is 0 Å². The molecule has 3 aromatic rings. The molecule has 1 unspecified atom stereocenters. The number of fused-ring (bicyclic) bond motifs is 2. The lowest BCUT2D eigenvalue weighted by Crippen LogP contribution is -2.30. The number of nitrogens with zero attached hydrogens (tertiary/aromatic N) is 2. The fourth-order valence-electron chi connectivity index (χ4n) is 3.50. The molecule has 1 aliphatic rings. The normalized spacial score (nSPS) is 13.9. The van der Waals surface area contributed by atoms with Crippen molar-refractivity contribution in [2.45, 2.75) is 46.3 Å². The van der Waals surface area contributed by atoms with Crippen molar-refractivity contribution in [2.24, 2.45) is 0 Å². The summed E-state index contributed by atoms with van der Waals surface area (Å²) in [5, 5.41) is 3.67. The lowest BCUT2D eigenvalue weighted by molar-refractivity contribution is -0.123. The number of aryl methyl sites for hydroxylation is 3. The molecule has 9 heteroatoms. The zero-order chi connectivity index (χ0) is 21.6. The number of benzene rings is 1. The number of anilines is 1. The minimum atomic E-state index is -1.03. The molecule has 0 aliphatic carbocycles. The van der Waals surface area contributed by atoms with Crippen LogP contribution >= 0.6 is 22.9 Å². The predicted octanol–water partition coefficient (Wildman–Crippen LogP) is 3.86. The average Bonchev–Trinajstić information content (AvgIpc) is 3.29. The smallest absolute Gasteiger partial charge is 0.349 e. The lowest BCUT2D eigenvalue weighted by Gasteiger charge is -2.14. The molecule has 1 amide bonds. The van der Waals surface area contributed by atoms with E-state index in [0.29, 0.717) is 33.0 Å². The highest BCUT2D eigenvalue weighted by Gasteiger charge is 2.26. The van der Waals surface area contributed by atoms with Gasteiger partial charge in [0, 0.05) is 23.7 Å². The molecule has 1 atom stereocenters. The maximum Gasteiger partial charge on any atom is 0.349 e. The van der Waals surface area contributed by atoms with Crippen molar-refractivity contribution in [2.75, 3.05) is 5.32 Å². The van der Waals surface area contributed by atoms with Crippen molar-refractivity contribution in [1.82, 2.24) is 9.55 Å². The molecule has 0 spiro atoms. The number of aromatic nitrogens is 2. The van der Waals surface area contributed by atoms with Crippen molar-refractivity contribution in [3.05, 3.63) is 55.4 Å². The number of esters is 1. The summed E-state index contributed by atoms with van der Waals surface area (Å²) in [6.45, 7) is 5.69. The third-order valence-electron chi connectivity index (χ3n) is 5.21. The van der Waals surface area contributed by atoms with Gasteiger partial charge in [-0.1, -0.05) is 17.7 Å². The van der Waals surface area contributed by atoms with E-state index in [-0.39, 0.29) is 10.4 Å². The molecule has 0 bridgehead atoms. The second kappa shape index (κ2) is 7.85. The highest BCUT2D eigenvalue weighted by Crippen LogP contribution is 2.29. The largest absolute Gasteiger partial charge is 0.448 e. The van der Waals surface area contributed by atoms with Crippen LogP contribution in [0.1, 0.15) is 40.0 Å². The third kappa shape index (κ3) is 3.61. The van der Waals surface area contributed by atoms with Crippen molar-refractivity contribution in [3.8, 4) is 0 Å². The molecule has 0 radical (unpaired) electrons. The van der Waals surface area contributed by atoms with E-state index in [9.17, 15) is 14.4 Å². The predicted molar refractivity (Wildman–Crippen MR) is 117 cm³/mol. The van der Waals surface area contributed by atoms with E-state index < -0.39 is 18.0 Å². The van der Waals surface area contributed by atoms with E-state index in [1.165, 1.54) is 6.92 Å². The van der Waals surface area contributed by atoms with Gasteiger partial charge >= 0.3 is 5.97 Å². The summed E-state index contributed by atoms with van der Waals surface area (Å²) in [6.07, 6.45) is 0.619. The van der Waals surface area contributed by atoms with Gasteiger partial charge in [0.1, 0.15) is 15.5 Å². The van der Waals surface area contributed by atoms with Crippen LogP contribution in [0.4, 0.5) is 5.69 Å². The van der Waals surface area contributed by atoms with E-state index in [4.69, 9.17) is 16.3 Å². The molecule has 7 nitrogen and oxygen atoms in total. The van der Waals surface area contributed by atoms with Crippen LogP contribution in [0.2, 0.25) is 5.02 Å². The highest BCUT2D eigenvalue weighted by molar-refractivity contribution is 7.20. The number of carbonyl (C=O) groups excluding carboxylic acids is 2. The van der Waals surface area contributed by atoms with Crippen molar-refractivity contribution >= 4 is 50.7 Å². The van der Waals surface area contributed by atoms with Gasteiger partial charge in [-0.25, -0.2) is 9.78 Å². The van der Waals surface area contributed by atoms with Crippen LogP contribution in [0.5, 0.6) is 0 Å². The summed E-state index contributed by atoms with van der Waals surface area (Å²) < 4.78 is 7.05. The van der Waals surface area contributed by atoms with Crippen LogP contribution < -0.4 is 10.9 Å². The fraction of sp³-hybridized carbons (Fsp3) is 0.333. The Morgan fingerprint density at radius 1 is 1.33 bits per heavy atom. The average molecular weight is 446 g/mol. The van der Waals surface area contributed by atoms with Crippen LogP contribution in [0, 0.1) is 13.8 Å². The van der Waals surface area contributed by atoms with E-state index in [1.807, 2.05) is 6.92 Å². The summed E-state index contributed by atoms with van der Waals surface area (Å²) in [5.74, 6) is -0.367. The first kappa shape index (κ1) is 20.6. The molecular formula is C21H20ClN3O4S. The van der Waals surface area contributed by atoms with Gasteiger partial charge in [-0.2, -0.15) is 0 Å². The Bertz CT molecular complexity index is 1250. The quantitative estimate of drug-likeness (QED) is 0.616. The monoisotopic (exact) mass is 445 g/mol. The molecule has 1 aromatic carbocycles. The van der Waals surface area contributed by atoms with Gasteiger partial charge in [0.05, 0.1) is 5.39 Å². The zero-order valence-corrected chi connectivity index (χ0v) is 18.3. The van der Waals surface area contributed by atoms with Crippen LogP contribution in [0.15, 0.2) is 23.0 Å². The molecule has 4 rings (SSSR count). The Morgan fingerprint density at radius 3 is 2.87 bits per heavy atom. The third-order valence-corrected chi connectivity index (χ3v) is 6.61. The van der Waals surface area contributed by atoms with Crippen LogP contribution in [0.25, 0.3) is 10.2 Å². The standard InChI is InChI=1S/C21H20ClN3O4S/c1-10-6-7-13(22)9-14(10)23-18(26)12(3)29-21(28)17-11(2)16-19(30-17)24-15-5-4-8-25(15)20(16)27/h6-7,9,12H,4-5,8H2,1-3H3,(H,23,26). The summed E-state index contributed by atoms with van der Waals surface area (Å²) in [6, 6.07) is 5.16. The Morgan fingerprint density at radius 2 is 2.10 bits per heavy atom. The maximum atomic E-state index is 12.8. The number of nitrogens with one attached hydrogen (secondary N) is 1. The zero-order valence-electron chi connectivity index (χ0n) is 16.7. The summed E-state index contributed by atoms with van der Waals surface area (Å²) >= 11 is 7.11. The molecule has 156 valence electrons. The summed E-state index contributed by atoms with van der Waals surface area (Å²) in [7, 11) is 0. The first-order valence-corrected chi connectivity index (χ1v) is 10.8. The van der Waals surface area contributed by atoms with Gasteiger partial charge in [-0.3, -0.25) is 14.2 Å². The van der Waals surface area contributed by atoms with Gasteiger partial charge in [0.15, 0.2) is 6.10 Å². The molecular weight excluding hydrogens is 426 g/mol. The van der Waals surface area contributed by atoms with Gasteiger partial charge in [0.2, 0.25) is 0 Å². The summed E-state index contributed by atoms with van der Waals surface area (Å²) in [5.41, 5.74) is 1.81. The van der Waals surface area contributed by atoms with E-state index in [0.717, 1.165) is 35.6 Å². The number of halogens is 1. The maximum absolute atomic E-state index is 12.8. The molecule has 0 saturated heterocycles. The van der Waals surface area contributed by atoms with Gasteiger partial charge in [0.25, 0.3) is 11.5 Å². The number of amides is 1.